The van der Waals surface area contributed by atoms with Gasteiger partial charge in [-0.1, -0.05) is 15.9 Å². The van der Waals surface area contributed by atoms with E-state index in [4.69, 9.17) is 9.47 Å². The molecule has 6 nitrogen and oxygen atoms in total. The highest BCUT2D eigenvalue weighted by atomic mass is 79.9. The molecular formula is C12H19BrN4O2. The number of ether oxygens (including phenoxy) is 2. The zero-order chi connectivity index (χ0) is 13.7. The number of aromatic nitrogens is 3. The molecule has 0 aromatic carbocycles. The van der Waals surface area contributed by atoms with E-state index in [0.717, 1.165) is 24.7 Å². The average Bonchev–Trinajstić information content (AvgIpc) is 2.92. The molecule has 0 radical (unpaired) electrons. The van der Waals surface area contributed by atoms with Gasteiger partial charge in [-0.25, -0.2) is 0 Å². The fourth-order valence-corrected chi connectivity index (χ4v) is 2.67. The van der Waals surface area contributed by atoms with Crippen LogP contribution in [0.4, 0.5) is 5.95 Å². The first-order valence-corrected chi connectivity index (χ1v) is 7.57. The Bertz CT molecular complexity index is 396. The lowest BCUT2D eigenvalue weighted by Gasteiger charge is -2.24. The third kappa shape index (κ3) is 3.46. The summed E-state index contributed by atoms with van der Waals surface area (Å²) in [5.41, 5.74) is 0. The number of nitrogens with zero attached hydrogens (tertiary/aromatic N) is 4. The predicted molar refractivity (Wildman–Crippen MR) is 76.3 cm³/mol. The fraction of sp³-hybridized carbons (Fsp3) is 0.750. The van der Waals surface area contributed by atoms with E-state index in [9.17, 15) is 0 Å². The molecule has 1 atom stereocenters. The van der Waals surface area contributed by atoms with Gasteiger partial charge in [0.2, 0.25) is 5.95 Å². The normalized spacial score (nSPS) is 18.7. The monoisotopic (exact) mass is 330 g/mol. The Labute approximate surface area is 121 Å². The van der Waals surface area contributed by atoms with Gasteiger partial charge in [0, 0.05) is 17.9 Å². The van der Waals surface area contributed by atoms with Gasteiger partial charge in [-0.05, 0) is 25.7 Å². The van der Waals surface area contributed by atoms with Crippen LogP contribution >= 0.6 is 15.9 Å². The van der Waals surface area contributed by atoms with E-state index >= 15 is 0 Å². The second-order valence-corrected chi connectivity index (χ2v) is 5.22. The molecule has 0 N–H and O–H groups in total. The molecule has 19 heavy (non-hydrogen) atoms. The summed E-state index contributed by atoms with van der Waals surface area (Å²) in [7, 11) is 3.09. The first-order valence-electron chi connectivity index (χ1n) is 6.45. The molecule has 1 fully saturated rings. The van der Waals surface area contributed by atoms with Crippen LogP contribution in [-0.2, 0) is 0 Å². The van der Waals surface area contributed by atoms with Crippen LogP contribution in [0.25, 0.3) is 0 Å². The number of anilines is 1. The van der Waals surface area contributed by atoms with E-state index in [1.54, 1.807) is 14.2 Å². The zero-order valence-electron chi connectivity index (χ0n) is 11.3. The van der Waals surface area contributed by atoms with Gasteiger partial charge in [0.25, 0.3) is 0 Å². The predicted octanol–water partition coefficient (Wildman–Crippen LogP) is 2.03. The molecule has 1 aliphatic rings. The smallest absolute Gasteiger partial charge is 0.324 e. The largest absolute Gasteiger partial charge is 0.467 e. The van der Waals surface area contributed by atoms with Crippen molar-refractivity contribution in [2.75, 3.05) is 31.0 Å². The summed E-state index contributed by atoms with van der Waals surface area (Å²) in [6.45, 7) is 0.975. The van der Waals surface area contributed by atoms with Crippen LogP contribution < -0.4 is 14.4 Å². The number of methoxy groups -OCH3 is 2. The summed E-state index contributed by atoms with van der Waals surface area (Å²) >= 11 is 3.48. The summed E-state index contributed by atoms with van der Waals surface area (Å²) in [6, 6.07) is 1.09. The van der Waals surface area contributed by atoms with Crippen LogP contribution in [0.2, 0.25) is 0 Å². The Morgan fingerprint density at radius 2 is 1.89 bits per heavy atom. The van der Waals surface area contributed by atoms with Gasteiger partial charge < -0.3 is 14.4 Å². The van der Waals surface area contributed by atoms with E-state index in [0.29, 0.717) is 24.0 Å². The lowest BCUT2D eigenvalue weighted by atomic mass is 10.1. The van der Waals surface area contributed by atoms with Crippen molar-refractivity contribution in [1.29, 1.82) is 0 Å². The van der Waals surface area contributed by atoms with E-state index in [2.05, 4.69) is 35.8 Å². The maximum Gasteiger partial charge on any atom is 0.324 e. The van der Waals surface area contributed by atoms with Gasteiger partial charge in [0.1, 0.15) is 0 Å². The average molecular weight is 331 g/mol. The van der Waals surface area contributed by atoms with Gasteiger partial charge in [-0.15, -0.1) is 4.98 Å². The van der Waals surface area contributed by atoms with E-state index < -0.39 is 0 Å². The second kappa shape index (κ2) is 6.88. The van der Waals surface area contributed by atoms with Gasteiger partial charge in [0.15, 0.2) is 0 Å². The van der Waals surface area contributed by atoms with Gasteiger partial charge >= 0.3 is 12.0 Å². The molecular weight excluding hydrogens is 312 g/mol. The minimum atomic E-state index is 0.299. The number of alkyl halides is 1. The molecule has 2 heterocycles. The van der Waals surface area contributed by atoms with E-state index in [1.807, 2.05) is 0 Å². The standard InChI is InChI=1S/C12H19BrN4O2/c1-18-11-14-10(15-12(16-11)19-2)17-8-4-6-9(17)5-3-7-13/h9H,3-8H2,1-2H3. The van der Waals surface area contributed by atoms with Crippen molar-refractivity contribution in [2.45, 2.75) is 31.7 Å². The molecule has 106 valence electrons. The summed E-state index contributed by atoms with van der Waals surface area (Å²) in [6.07, 6.45) is 4.65. The Morgan fingerprint density at radius 3 is 2.47 bits per heavy atom. The molecule has 1 aromatic heterocycles. The molecule has 0 spiro atoms. The van der Waals surface area contributed by atoms with Crippen molar-refractivity contribution < 1.29 is 9.47 Å². The van der Waals surface area contributed by atoms with Crippen molar-refractivity contribution in [3.05, 3.63) is 0 Å². The first kappa shape index (κ1) is 14.3. The minimum Gasteiger partial charge on any atom is -0.467 e. The van der Waals surface area contributed by atoms with E-state index in [1.165, 1.54) is 12.8 Å². The molecule has 1 saturated heterocycles. The number of hydrogen-bond donors (Lipinski definition) is 0. The second-order valence-electron chi connectivity index (χ2n) is 4.43. The summed E-state index contributed by atoms with van der Waals surface area (Å²) in [5, 5.41) is 1.03. The maximum absolute atomic E-state index is 5.10. The van der Waals surface area contributed by atoms with Crippen LogP contribution in [0.1, 0.15) is 25.7 Å². The topological polar surface area (TPSA) is 60.4 Å². The molecule has 0 aliphatic carbocycles. The highest BCUT2D eigenvalue weighted by Crippen LogP contribution is 2.27. The SMILES string of the molecule is COc1nc(OC)nc(N2CCCC2CCCBr)n1. The van der Waals surface area contributed by atoms with Gasteiger partial charge in [-0.2, -0.15) is 9.97 Å². The third-order valence-corrected chi connectivity index (χ3v) is 3.81. The maximum atomic E-state index is 5.10. The zero-order valence-corrected chi connectivity index (χ0v) is 12.9. The highest BCUT2D eigenvalue weighted by molar-refractivity contribution is 9.09. The summed E-state index contributed by atoms with van der Waals surface area (Å²) in [4.78, 5) is 14.9. The first-order chi connectivity index (χ1) is 9.28. The Kier molecular flexibility index (Phi) is 5.18. The molecule has 7 heteroatoms. The van der Waals surface area contributed by atoms with Gasteiger partial charge in [0.05, 0.1) is 14.2 Å². The fourth-order valence-electron chi connectivity index (χ4n) is 2.35. The quantitative estimate of drug-likeness (QED) is 0.744. The molecule has 1 aliphatic heterocycles. The summed E-state index contributed by atoms with van der Waals surface area (Å²) in [5.74, 6) is 0.653. The highest BCUT2D eigenvalue weighted by Gasteiger charge is 2.27. The van der Waals surface area contributed by atoms with Crippen molar-refractivity contribution in [2.24, 2.45) is 0 Å². The van der Waals surface area contributed by atoms with Crippen molar-refractivity contribution >= 4 is 21.9 Å². The van der Waals surface area contributed by atoms with Crippen LogP contribution in [-0.4, -0.2) is 47.1 Å². The molecule has 0 bridgehead atoms. The van der Waals surface area contributed by atoms with E-state index in [-0.39, 0.29) is 0 Å². The third-order valence-electron chi connectivity index (χ3n) is 3.25. The van der Waals surface area contributed by atoms with Crippen molar-refractivity contribution in [3.63, 3.8) is 0 Å². The van der Waals surface area contributed by atoms with Crippen LogP contribution in [0, 0.1) is 0 Å². The van der Waals surface area contributed by atoms with Crippen molar-refractivity contribution in [3.8, 4) is 12.0 Å². The molecule has 1 unspecified atom stereocenters. The molecule has 0 saturated carbocycles. The number of halogens is 1. The molecule has 0 amide bonds. The summed E-state index contributed by atoms with van der Waals surface area (Å²) < 4.78 is 10.2. The Morgan fingerprint density at radius 1 is 1.21 bits per heavy atom. The van der Waals surface area contributed by atoms with Crippen LogP contribution in [0.3, 0.4) is 0 Å². The number of hydrogen-bond acceptors (Lipinski definition) is 6. The van der Waals surface area contributed by atoms with Gasteiger partial charge in [-0.3, -0.25) is 0 Å². The Hall–Kier alpha value is -1.11. The lowest BCUT2D eigenvalue weighted by Crippen LogP contribution is -2.31. The molecule has 2 rings (SSSR count). The Balaban J connectivity index is 2.19. The van der Waals surface area contributed by atoms with Crippen molar-refractivity contribution in [1.82, 2.24) is 15.0 Å². The van der Waals surface area contributed by atoms with Crippen LogP contribution in [0.5, 0.6) is 12.0 Å². The lowest BCUT2D eigenvalue weighted by molar-refractivity contribution is 0.339. The number of rotatable bonds is 6. The molecule has 1 aromatic rings. The van der Waals surface area contributed by atoms with Crippen LogP contribution in [0.15, 0.2) is 0 Å². The minimum absolute atomic E-state index is 0.299.